The van der Waals surface area contributed by atoms with E-state index in [2.05, 4.69) is 0 Å². The van der Waals surface area contributed by atoms with E-state index in [1.54, 1.807) is 0 Å². The van der Waals surface area contributed by atoms with E-state index in [4.69, 9.17) is 18.6 Å². The summed E-state index contributed by atoms with van der Waals surface area (Å²) in [5, 5.41) is 59.5. The van der Waals surface area contributed by atoms with Crippen LogP contribution in [0.3, 0.4) is 0 Å². The monoisotopic (exact) mass is 462 g/mol. The number of methoxy groups -OCH3 is 1. The molecule has 2 heterocycles. The van der Waals surface area contributed by atoms with Crippen molar-refractivity contribution in [2.75, 3.05) is 13.7 Å². The maximum atomic E-state index is 13.4. The van der Waals surface area contributed by atoms with Gasteiger partial charge in [0.05, 0.1) is 13.7 Å². The molecule has 11 nitrogen and oxygen atoms in total. The molecule has 0 saturated carbocycles. The predicted molar refractivity (Wildman–Crippen MR) is 112 cm³/mol. The van der Waals surface area contributed by atoms with Gasteiger partial charge in [-0.15, -0.1) is 0 Å². The molecule has 1 saturated heterocycles. The lowest BCUT2D eigenvalue weighted by Gasteiger charge is -2.39. The lowest BCUT2D eigenvalue weighted by molar-refractivity contribution is -0.277. The fourth-order valence-electron chi connectivity index (χ4n) is 3.57. The Kier molecular flexibility index (Phi) is 6.15. The molecule has 3 aromatic rings. The van der Waals surface area contributed by atoms with Gasteiger partial charge in [0.25, 0.3) is 0 Å². The van der Waals surface area contributed by atoms with Crippen LogP contribution in [-0.2, 0) is 4.74 Å². The Hall–Kier alpha value is -3.35. The Morgan fingerprint density at radius 2 is 1.70 bits per heavy atom. The molecule has 6 N–H and O–H groups in total. The van der Waals surface area contributed by atoms with Gasteiger partial charge in [-0.25, -0.2) is 0 Å². The summed E-state index contributed by atoms with van der Waals surface area (Å²) in [7, 11) is 1.37. The molecule has 0 unspecified atom stereocenters. The summed E-state index contributed by atoms with van der Waals surface area (Å²) in [5.41, 5.74) is -0.550. The van der Waals surface area contributed by atoms with Crippen molar-refractivity contribution in [2.45, 2.75) is 30.7 Å². The third-order valence-corrected chi connectivity index (χ3v) is 5.35. The van der Waals surface area contributed by atoms with Crippen LogP contribution >= 0.6 is 0 Å². The van der Waals surface area contributed by atoms with Crippen molar-refractivity contribution >= 4 is 11.0 Å². The molecule has 1 fully saturated rings. The second kappa shape index (κ2) is 8.89. The van der Waals surface area contributed by atoms with Crippen LogP contribution in [0.2, 0.25) is 0 Å². The van der Waals surface area contributed by atoms with Crippen molar-refractivity contribution < 1.29 is 49.3 Å². The van der Waals surface area contributed by atoms with E-state index >= 15 is 0 Å². The molecule has 33 heavy (non-hydrogen) atoms. The molecule has 4 rings (SSSR count). The number of hydrogen-bond acceptors (Lipinski definition) is 11. The van der Waals surface area contributed by atoms with E-state index in [0.29, 0.717) is 5.56 Å². The number of fused-ring (bicyclic) bond motifs is 1. The Balaban J connectivity index is 1.89. The first-order chi connectivity index (χ1) is 15.7. The molecule has 176 valence electrons. The first-order valence-corrected chi connectivity index (χ1v) is 9.89. The number of aromatic hydroxyl groups is 2. The van der Waals surface area contributed by atoms with Crippen molar-refractivity contribution in [2.24, 2.45) is 0 Å². The van der Waals surface area contributed by atoms with Crippen molar-refractivity contribution in [1.82, 2.24) is 0 Å². The van der Waals surface area contributed by atoms with Crippen LogP contribution in [0.1, 0.15) is 0 Å². The Labute approximate surface area is 186 Å². The third kappa shape index (κ3) is 4.08. The summed E-state index contributed by atoms with van der Waals surface area (Å²) >= 11 is 0. The van der Waals surface area contributed by atoms with E-state index in [9.17, 15) is 35.4 Å². The molecule has 1 aliphatic rings. The topological polar surface area (TPSA) is 179 Å². The molecular weight excluding hydrogens is 440 g/mol. The number of aliphatic hydroxyl groups excluding tert-OH is 4. The van der Waals surface area contributed by atoms with Crippen molar-refractivity contribution in [3.8, 4) is 34.3 Å². The van der Waals surface area contributed by atoms with Gasteiger partial charge in [0.15, 0.2) is 5.76 Å². The van der Waals surface area contributed by atoms with Gasteiger partial charge < -0.3 is 49.3 Å². The second-order valence-electron chi connectivity index (χ2n) is 7.47. The molecule has 2 aromatic carbocycles. The quantitative estimate of drug-likeness (QED) is 0.302. The van der Waals surface area contributed by atoms with Gasteiger partial charge in [0, 0.05) is 17.7 Å². The van der Waals surface area contributed by atoms with E-state index in [-0.39, 0.29) is 28.2 Å². The van der Waals surface area contributed by atoms with Crippen molar-refractivity contribution in [3.63, 3.8) is 0 Å². The summed E-state index contributed by atoms with van der Waals surface area (Å²) in [6.07, 6.45) is -8.07. The summed E-state index contributed by atoms with van der Waals surface area (Å²) < 4.78 is 21.9. The zero-order valence-electron chi connectivity index (χ0n) is 17.3. The predicted octanol–water partition coefficient (Wildman–Crippen LogP) is 0.0585. The fraction of sp³-hybridized carbons (Fsp3) is 0.318. The number of aliphatic hydroxyl groups is 4. The van der Waals surface area contributed by atoms with Crippen molar-refractivity contribution in [3.05, 3.63) is 46.6 Å². The minimum atomic E-state index is -1.78. The van der Waals surface area contributed by atoms with Gasteiger partial charge in [0.1, 0.15) is 52.6 Å². The summed E-state index contributed by atoms with van der Waals surface area (Å²) in [4.78, 5) is 13.4. The molecule has 0 amide bonds. The number of ether oxygens (including phenoxy) is 3. The van der Waals surface area contributed by atoms with Crippen LogP contribution in [0.5, 0.6) is 23.0 Å². The lowest BCUT2D eigenvalue weighted by atomic mass is 9.99. The first kappa shape index (κ1) is 22.8. The van der Waals surface area contributed by atoms with Gasteiger partial charge in [0.2, 0.25) is 17.5 Å². The Bertz CT molecular complexity index is 1200. The lowest BCUT2D eigenvalue weighted by Crippen LogP contribution is -2.60. The van der Waals surface area contributed by atoms with Gasteiger partial charge in [-0.3, -0.25) is 4.79 Å². The number of benzene rings is 2. The van der Waals surface area contributed by atoms with E-state index < -0.39 is 54.2 Å². The average molecular weight is 462 g/mol. The van der Waals surface area contributed by atoms with Crippen LogP contribution in [0.4, 0.5) is 0 Å². The highest BCUT2D eigenvalue weighted by Crippen LogP contribution is 2.37. The molecular formula is C22H22O11. The minimum absolute atomic E-state index is 0.0268. The van der Waals surface area contributed by atoms with Gasteiger partial charge in [-0.1, -0.05) is 0 Å². The second-order valence-corrected chi connectivity index (χ2v) is 7.47. The van der Waals surface area contributed by atoms with E-state index in [0.717, 1.165) is 0 Å². The van der Waals surface area contributed by atoms with Gasteiger partial charge in [-0.05, 0) is 24.3 Å². The summed E-state index contributed by atoms with van der Waals surface area (Å²) in [6, 6.07) is 8.18. The number of hydrogen-bond donors (Lipinski definition) is 6. The van der Waals surface area contributed by atoms with Gasteiger partial charge >= 0.3 is 0 Å². The van der Waals surface area contributed by atoms with E-state index in [1.807, 2.05) is 0 Å². The Morgan fingerprint density at radius 1 is 1.00 bits per heavy atom. The SMILES string of the molecule is COc1cc(O)c2c(=O)c(O[C@@H]3O[C@H](CO)[C@H](O)[C@H](O)[C@H]3O)c(-c3ccc(O)cc3)oc2c1. The van der Waals surface area contributed by atoms with Crippen LogP contribution in [0.15, 0.2) is 45.6 Å². The van der Waals surface area contributed by atoms with Crippen LogP contribution in [0.25, 0.3) is 22.3 Å². The highest BCUT2D eigenvalue weighted by Gasteiger charge is 2.45. The summed E-state index contributed by atoms with van der Waals surface area (Å²) in [5.74, 6) is -0.871. The number of phenols is 2. The standard InChI is InChI=1S/C22H22O11/c1-30-11-6-12(25)15-13(7-11)31-20(9-2-4-10(24)5-3-9)21(17(15)27)33-22-19(29)18(28)16(26)14(8-23)32-22/h2-7,14,16,18-19,22-26,28-29H,8H2,1H3/t14-,16+,18+,19-,22+/m1/s1. The summed E-state index contributed by atoms with van der Waals surface area (Å²) in [6.45, 7) is -0.692. The molecule has 5 atom stereocenters. The van der Waals surface area contributed by atoms with Crippen molar-refractivity contribution in [1.29, 1.82) is 0 Å². The Morgan fingerprint density at radius 3 is 2.33 bits per heavy atom. The smallest absolute Gasteiger partial charge is 0.239 e. The van der Waals surface area contributed by atoms with Crippen LogP contribution in [-0.4, -0.2) is 75.1 Å². The van der Waals surface area contributed by atoms with Crippen LogP contribution < -0.4 is 14.9 Å². The molecule has 0 bridgehead atoms. The largest absolute Gasteiger partial charge is 0.508 e. The normalized spacial score (nSPS) is 25.2. The first-order valence-electron chi connectivity index (χ1n) is 9.89. The highest BCUT2D eigenvalue weighted by atomic mass is 16.7. The van der Waals surface area contributed by atoms with Crippen LogP contribution in [0, 0.1) is 0 Å². The highest BCUT2D eigenvalue weighted by molar-refractivity contribution is 5.88. The zero-order chi connectivity index (χ0) is 23.9. The molecule has 1 aromatic heterocycles. The number of rotatable bonds is 5. The molecule has 0 spiro atoms. The maximum Gasteiger partial charge on any atom is 0.239 e. The molecule has 0 aliphatic carbocycles. The maximum absolute atomic E-state index is 13.4. The fourth-order valence-corrected chi connectivity index (χ4v) is 3.57. The number of phenolic OH excluding ortho intramolecular Hbond substituents is 2. The molecule has 0 radical (unpaired) electrons. The minimum Gasteiger partial charge on any atom is -0.508 e. The van der Waals surface area contributed by atoms with E-state index in [1.165, 1.54) is 43.5 Å². The third-order valence-electron chi connectivity index (χ3n) is 5.35. The molecule has 1 aliphatic heterocycles. The zero-order valence-corrected chi connectivity index (χ0v) is 17.3. The average Bonchev–Trinajstić information content (AvgIpc) is 2.80. The van der Waals surface area contributed by atoms with Gasteiger partial charge in [-0.2, -0.15) is 0 Å². The molecule has 11 heteroatoms.